The largest absolute Gasteiger partial charge is 0.387 e. The van der Waals surface area contributed by atoms with E-state index in [2.05, 4.69) is 15.5 Å². The number of anilines is 2. The number of hydrogen-bond acceptors (Lipinski definition) is 6. The van der Waals surface area contributed by atoms with Crippen molar-refractivity contribution in [1.29, 1.82) is 0 Å². The van der Waals surface area contributed by atoms with E-state index in [0.29, 0.717) is 21.3 Å². The first-order valence-electron chi connectivity index (χ1n) is 10.1. The molecule has 2 aromatic carbocycles. The molecule has 10 heteroatoms. The highest BCUT2D eigenvalue weighted by atomic mass is 35.5. The van der Waals surface area contributed by atoms with E-state index < -0.39 is 12.1 Å². The number of halogens is 2. The first-order chi connectivity index (χ1) is 15.5. The Hall–Kier alpha value is -2.36. The van der Waals surface area contributed by atoms with Gasteiger partial charge in [-0.1, -0.05) is 35.3 Å². The van der Waals surface area contributed by atoms with Crippen molar-refractivity contribution in [3.05, 3.63) is 63.5 Å². The van der Waals surface area contributed by atoms with Gasteiger partial charge in [0, 0.05) is 46.3 Å². The molecular formula is C22H22Cl2N4O3S. The molecule has 0 spiro atoms. The average molecular weight is 493 g/mol. The molecule has 0 aliphatic carbocycles. The molecule has 32 heavy (non-hydrogen) atoms. The third-order valence-electron chi connectivity index (χ3n) is 4.94. The fraction of sp³-hybridized carbons (Fsp3) is 0.273. The summed E-state index contributed by atoms with van der Waals surface area (Å²) in [6.07, 6.45) is -0.926. The summed E-state index contributed by atoms with van der Waals surface area (Å²) in [5, 5.41) is 19.5. The number of carbonyl (C=O) groups excluding carboxylic acids is 1. The minimum absolute atomic E-state index is 0.0176. The van der Waals surface area contributed by atoms with Crippen LogP contribution in [0.3, 0.4) is 0 Å². The molecule has 1 aromatic heterocycles. The summed E-state index contributed by atoms with van der Waals surface area (Å²) in [6.45, 7) is 3.17. The van der Waals surface area contributed by atoms with E-state index in [-0.39, 0.29) is 6.54 Å². The van der Waals surface area contributed by atoms with Gasteiger partial charge in [0.2, 0.25) is 0 Å². The summed E-state index contributed by atoms with van der Waals surface area (Å²) in [5.41, 5.74) is 3.04. The number of aliphatic hydroxyl groups is 1. The number of carbonyl (C=O) groups is 1. The molecule has 0 bridgehead atoms. The summed E-state index contributed by atoms with van der Waals surface area (Å²) < 4.78 is 5.39. The highest BCUT2D eigenvalue weighted by Crippen LogP contribution is 2.29. The molecule has 1 unspecified atom stereocenters. The van der Waals surface area contributed by atoms with Crippen LogP contribution < -0.4 is 15.5 Å². The molecule has 1 saturated heterocycles. The van der Waals surface area contributed by atoms with Crippen LogP contribution in [-0.2, 0) is 4.74 Å². The molecule has 2 heterocycles. The summed E-state index contributed by atoms with van der Waals surface area (Å²) in [7, 11) is 0. The van der Waals surface area contributed by atoms with Gasteiger partial charge in [-0.15, -0.1) is 11.3 Å². The maximum absolute atomic E-state index is 12.2. The zero-order valence-electron chi connectivity index (χ0n) is 17.1. The minimum Gasteiger partial charge on any atom is -0.387 e. The van der Waals surface area contributed by atoms with Gasteiger partial charge in [-0.25, -0.2) is 9.78 Å². The Morgan fingerprint density at radius 1 is 1.16 bits per heavy atom. The molecule has 4 rings (SSSR count). The second-order valence-electron chi connectivity index (χ2n) is 7.25. The Kier molecular flexibility index (Phi) is 7.49. The van der Waals surface area contributed by atoms with Gasteiger partial charge in [0.15, 0.2) is 5.13 Å². The van der Waals surface area contributed by atoms with Gasteiger partial charge < -0.3 is 25.4 Å². The number of amides is 2. The number of urea groups is 1. The fourth-order valence-electron chi connectivity index (χ4n) is 3.27. The van der Waals surface area contributed by atoms with Crippen molar-refractivity contribution in [2.45, 2.75) is 6.10 Å². The van der Waals surface area contributed by atoms with Crippen molar-refractivity contribution in [2.75, 3.05) is 43.1 Å². The molecule has 2 amide bonds. The minimum atomic E-state index is -0.926. The first-order valence-corrected chi connectivity index (χ1v) is 11.7. The molecule has 0 radical (unpaired) electrons. The summed E-state index contributed by atoms with van der Waals surface area (Å²) in [4.78, 5) is 19.2. The van der Waals surface area contributed by atoms with Crippen LogP contribution in [0, 0.1) is 0 Å². The van der Waals surface area contributed by atoms with Gasteiger partial charge in [0.25, 0.3) is 0 Å². The third-order valence-corrected chi connectivity index (χ3v) is 6.28. The lowest BCUT2D eigenvalue weighted by atomic mass is 10.1. The second-order valence-corrected chi connectivity index (χ2v) is 8.96. The lowest BCUT2D eigenvalue weighted by Crippen LogP contribution is -2.36. The van der Waals surface area contributed by atoms with Crippen molar-refractivity contribution in [1.82, 2.24) is 10.3 Å². The number of rotatable bonds is 6. The topological polar surface area (TPSA) is 86.7 Å². The van der Waals surface area contributed by atoms with Crippen molar-refractivity contribution in [3.63, 3.8) is 0 Å². The first kappa shape index (κ1) is 22.8. The van der Waals surface area contributed by atoms with Crippen LogP contribution in [0.15, 0.2) is 47.8 Å². The van der Waals surface area contributed by atoms with E-state index in [1.807, 2.05) is 29.6 Å². The van der Waals surface area contributed by atoms with Gasteiger partial charge in [-0.3, -0.25) is 0 Å². The fourth-order valence-corrected chi connectivity index (χ4v) is 4.70. The number of morpholine rings is 1. The number of nitrogens with one attached hydrogen (secondary N) is 2. The van der Waals surface area contributed by atoms with Crippen molar-refractivity contribution in [3.8, 4) is 11.3 Å². The number of nitrogens with zero attached hydrogens (tertiary/aromatic N) is 2. The Bertz CT molecular complexity index is 1050. The number of benzene rings is 2. The van der Waals surface area contributed by atoms with Gasteiger partial charge in [0.05, 0.1) is 25.0 Å². The monoisotopic (exact) mass is 492 g/mol. The van der Waals surface area contributed by atoms with Crippen LogP contribution in [0.4, 0.5) is 15.6 Å². The molecular weight excluding hydrogens is 471 g/mol. The number of hydrogen-bond donors (Lipinski definition) is 3. The van der Waals surface area contributed by atoms with Gasteiger partial charge in [-0.05, 0) is 35.9 Å². The van der Waals surface area contributed by atoms with Crippen molar-refractivity contribution in [2.24, 2.45) is 0 Å². The van der Waals surface area contributed by atoms with Crippen LogP contribution in [0.1, 0.15) is 11.7 Å². The van der Waals surface area contributed by atoms with E-state index >= 15 is 0 Å². The van der Waals surface area contributed by atoms with Crippen LogP contribution in [-0.4, -0.2) is 49.0 Å². The highest BCUT2D eigenvalue weighted by Gasteiger charge is 2.15. The number of thiazole rings is 1. The number of aromatic nitrogens is 1. The maximum atomic E-state index is 12.2. The standard InChI is InChI=1S/C22H22Cl2N4O3S/c23-16-9-15(10-17(24)11-16)20(29)12-25-21(30)26-18-3-1-14(2-4-18)19-13-32-22(27-19)28-5-7-31-8-6-28/h1-4,9-11,13,20,29H,5-8,12H2,(H2,25,26,30). The molecule has 168 valence electrons. The molecule has 1 aliphatic heterocycles. The third kappa shape index (κ3) is 5.90. The molecule has 1 atom stereocenters. The van der Waals surface area contributed by atoms with Crippen LogP contribution >= 0.6 is 34.5 Å². The molecule has 3 N–H and O–H groups in total. The van der Waals surface area contributed by atoms with Crippen LogP contribution in [0.5, 0.6) is 0 Å². The van der Waals surface area contributed by atoms with E-state index in [1.165, 1.54) is 0 Å². The van der Waals surface area contributed by atoms with E-state index in [0.717, 1.165) is 42.7 Å². The Morgan fingerprint density at radius 2 is 1.84 bits per heavy atom. The van der Waals surface area contributed by atoms with E-state index in [9.17, 15) is 9.90 Å². The van der Waals surface area contributed by atoms with Gasteiger partial charge >= 0.3 is 6.03 Å². The number of ether oxygens (including phenoxy) is 1. The Balaban J connectivity index is 1.30. The van der Waals surface area contributed by atoms with Crippen molar-refractivity contribution < 1.29 is 14.6 Å². The Labute approximate surface area is 199 Å². The molecule has 0 saturated carbocycles. The smallest absolute Gasteiger partial charge is 0.319 e. The predicted octanol–water partition coefficient (Wildman–Crippen LogP) is 4.81. The van der Waals surface area contributed by atoms with Crippen molar-refractivity contribution >= 4 is 51.4 Å². The zero-order valence-corrected chi connectivity index (χ0v) is 19.4. The average Bonchev–Trinajstić information content (AvgIpc) is 3.28. The molecule has 1 fully saturated rings. The molecule has 1 aliphatic rings. The van der Waals surface area contributed by atoms with E-state index in [1.54, 1.807) is 29.5 Å². The second kappa shape index (κ2) is 10.5. The normalized spacial score (nSPS) is 14.8. The highest BCUT2D eigenvalue weighted by molar-refractivity contribution is 7.14. The molecule has 3 aromatic rings. The summed E-state index contributed by atoms with van der Waals surface area (Å²) >= 11 is 13.5. The quantitative estimate of drug-likeness (QED) is 0.459. The van der Waals surface area contributed by atoms with Crippen LogP contribution in [0.2, 0.25) is 10.0 Å². The van der Waals surface area contributed by atoms with E-state index in [4.69, 9.17) is 32.9 Å². The van der Waals surface area contributed by atoms with Crippen LogP contribution in [0.25, 0.3) is 11.3 Å². The SMILES string of the molecule is O=C(NCC(O)c1cc(Cl)cc(Cl)c1)Nc1ccc(-c2csc(N3CCOCC3)n2)cc1. The van der Waals surface area contributed by atoms with Gasteiger partial charge in [0.1, 0.15) is 0 Å². The Morgan fingerprint density at radius 3 is 2.53 bits per heavy atom. The lowest BCUT2D eigenvalue weighted by Gasteiger charge is -2.26. The maximum Gasteiger partial charge on any atom is 0.319 e. The summed E-state index contributed by atoms with van der Waals surface area (Å²) in [5.74, 6) is 0. The summed E-state index contributed by atoms with van der Waals surface area (Å²) in [6, 6.07) is 11.8. The lowest BCUT2D eigenvalue weighted by molar-refractivity contribution is 0.122. The predicted molar refractivity (Wildman–Crippen MR) is 129 cm³/mol. The molecule has 7 nitrogen and oxygen atoms in total. The number of aliphatic hydroxyl groups excluding tert-OH is 1. The zero-order chi connectivity index (χ0) is 22.5. The van der Waals surface area contributed by atoms with Gasteiger partial charge in [-0.2, -0.15) is 0 Å².